The molecule has 1 atom stereocenters. The number of carboxylic acids is 1. The van der Waals surface area contributed by atoms with E-state index in [4.69, 9.17) is 4.74 Å². The molecule has 0 heterocycles. The molecule has 0 aromatic rings. The number of amides is 2. The van der Waals surface area contributed by atoms with E-state index in [9.17, 15) is 19.5 Å². The molecule has 3 N–H and O–H groups in total. The maximum atomic E-state index is 11.8. The Hall–Kier alpha value is -1.28. The summed E-state index contributed by atoms with van der Waals surface area (Å²) >= 11 is 1.51. The molecule has 0 saturated heterocycles. The van der Waals surface area contributed by atoms with Crippen LogP contribution in [-0.4, -0.2) is 60.2 Å². The van der Waals surface area contributed by atoms with E-state index in [-0.39, 0.29) is 30.3 Å². The van der Waals surface area contributed by atoms with Crippen molar-refractivity contribution in [2.75, 3.05) is 31.3 Å². The maximum Gasteiger partial charge on any atom is 0.327 e. The number of carbonyl (C=O) groups is 3. The molecule has 0 radical (unpaired) electrons. The molecule has 0 spiro atoms. The molecule has 0 fully saturated rings. The summed E-state index contributed by atoms with van der Waals surface area (Å²) in [6, 6.07) is -0.895. The van der Waals surface area contributed by atoms with Crippen LogP contribution in [0.1, 0.15) is 47.0 Å². The Morgan fingerprint density at radius 1 is 1.12 bits per heavy atom. The molecule has 146 valence electrons. The summed E-state index contributed by atoms with van der Waals surface area (Å²) in [6.07, 6.45) is 1.38. The van der Waals surface area contributed by atoms with Crippen molar-refractivity contribution in [3.8, 4) is 0 Å². The summed E-state index contributed by atoms with van der Waals surface area (Å²) in [4.78, 5) is 34.3. The van der Waals surface area contributed by atoms with Crippen molar-refractivity contribution in [2.45, 2.75) is 53.0 Å². The van der Waals surface area contributed by atoms with Crippen LogP contribution in [0.4, 0.5) is 0 Å². The summed E-state index contributed by atoms with van der Waals surface area (Å²) in [6.45, 7) is 9.09. The van der Waals surface area contributed by atoms with Crippen molar-refractivity contribution in [3.05, 3.63) is 0 Å². The minimum atomic E-state index is -1.03. The molecule has 0 aliphatic carbocycles. The number of aliphatic carboxylic acids is 1. The summed E-state index contributed by atoms with van der Waals surface area (Å²) in [7, 11) is 0. The van der Waals surface area contributed by atoms with Crippen LogP contribution in [0.3, 0.4) is 0 Å². The minimum Gasteiger partial charge on any atom is -0.480 e. The zero-order chi connectivity index (χ0) is 19.3. The van der Waals surface area contributed by atoms with Gasteiger partial charge in [-0.3, -0.25) is 9.59 Å². The third-order valence-electron chi connectivity index (χ3n) is 2.97. The topological polar surface area (TPSA) is 105 Å². The van der Waals surface area contributed by atoms with Crippen LogP contribution in [0, 0.1) is 5.41 Å². The molecule has 0 aliphatic rings. The molecule has 8 heteroatoms. The van der Waals surface area contributed by atoms with Gasteiger partial charge in [-0.1, -0.05) is 27.7 Å². The van der Waals surface area contributed by atoms with Gasteiger partial charge in [-0.05, 0) is 17.6 Å². The lowest BCUT2D eigenvalue weighted by molar-refractivity contribution is -0.141. The molecule has 0 saturated carbocycles. The molecule has 0 rings (SSSR count). The van der Waals surface area contributed by atoms with Gasteiger partial charge in [0.25, 0.3) is 0 Å². The highest BCUT2D eigenvalue weighted by Gasteiger charge is 2.21. The predicted molar refractivity (Wildman–Crippen MR) is 99.7 cm³/mol. The number of nitrogens with one attached hydrogen (secondary N) is 2. The van der Waals surface area contributed by atoms with E-state index in [1.54, 1.807) is 0 Å². The first-order valence-electron chi connectivity index (χ1n) is 8.60. The van der Waals surface area contributed by atoms with E-state index in [0.717, 1.165) is 12.2 Å². The molecule has 0 unspecified atom stereocenters. The lowest BCUT2D eigenvalue weighted by Crippen LogP contribution is -2.43. The Labute approximate surface area is 154 Å². The third kappa shape index (κ3) is 14.7. The fraction of sp³-hybridized carbons (Fsp3) is 0.824. The third-order valence-corrected chi connectivity index (χ3v) is 4.61. The fourth-order valence-corrected chi connectivity index (χ4v) is 2.96. The van der Waals surface area contributed by atoms with E-state index < -0.39 is 12.0 Å². The zero-order valence-electron chi connectivity index (χ0n) is 15.7. The van der Waals surface area contributed by atoms with Crippen molar-refractivity contribution in [3.63, 3.8) is 0 Å². The largest absolute Gasteiger partial charge is 0.480 e. The first kappa shape index (κ1) is 23.7. The lowest BCUT2D eigenvalue weighted by Gasteiger charge is -2.19. The van der Waals surface area contributed by atoms with Crippen molar-refractivity contribution < 1.29 is 24.2 Å². The highest BCUT2D eigenvalue weighted by Crippen LogP contribution is 2.20. The molecular weight excluding hydrogens is 344 g/mol. The molecule has 0 aromatic heterocycles. The van der Waals surface area contributed by atoms with Crippen LogP contribution < -0.4 is 10.6 Å². The molecule has 0 bridgehead atoms. The van der Waals surface area contributed by atoms with Gasteiger partial charge < -0.3 is 20.5 Å². The average molecular weight is 377 g/mol. The molecule has 0 aliphatic heterocycles. The fourth-order valence-electron chi connectivity index (χ4n) is 1.77. The van der Waals surface area contributed by atoms with Crippen molar-refractivity contribution in [1.29, 1.82) is 0 Å². The molecule has 25 heavy (non-hydrogen) atoms. The number of carbonyl (C=O) groups excluding carboxylic acids is 2. The first-order chi connectivity index (χ1) is 11.7. The van der Waals surface area contributed by atoms with Crippen LogP contribution in [0.5, 0.6) is 0 Å². The molecule has 0 aromatic carbocycles. The van der Waals surface area contributed by atoms with Gasteiger partial charge in [-0.15, -0.1) is 0 Å². The second-order valence-electron chi connectivity index (χ2n) is 7.00. The van der Waals surface area contributed by atoms with E-state index >= 15 is 0 Å². The Morgan fingerprint density at radius 2 is 1.80 bits per heavy atom. The Kier molecular flexibility index (Phi) is 12.3. The van der Waals surface area contributed by atoms with E-state index in [0.29, 0.717) is 25.3 Å². The van der Waals surface area contributed by atoms with Gasteiger partial charge in [0.05, 0.1) is 13.2 Å². The normalized spacial score (nSPS) is 12.5. The first-order valence-corrected chi connectivity index (χ1v) is 9.75. The van der Waals surface area contributed by atoms with Crippen LogP contribution >= 0.6 is 11.8 Å². The number of hydrogen-bond donors (Lipinski definition) is 3. The summed E-state index contributed by atoms with van der Waals surface area (Å²) in [5.74, 6) is -0.240. The van der Waals surface area contributed by atoms with Crippen LogP contribution in [0.15, 0.2) is 0 Å². The summed E-state index contributed by atoms with van der Waals surface area (Å²) in [5.41, 5.74) is 0.109. The highest BCUT2D eigenvalue weighted by atomic mass is 32.2. The number of thioether (sulfide) groups is 1. The van der Waals surface area contributed by atoms with Gasteiger partial charge in [-0.25, -0.2) is 4.79 Å². The number of hydrogen-bond acceptors (Lipinski definition) is 5. The predicted octanol–water partition coefficient (Wildman–Crippen LogP) is 1.66. The summed E-state index contributed by atoms with van der Waals surface area (Å²) < 4.78 is 5.27. The summed E-state index contributed by atoms with van der Waals surface area (Å²) in [5, 5.41) is 14.4. The van der Waals surface area contributed by atoms with Gasteiger partial charge in [0.15, 0.2) is 0 Å². The van der Waals surface area contributed by atoms with Gasteiger partial charge in [0, 0.05) is 25.1 Å². The number of ether oxygens (including phenoxy) is 1. The van der Waals surface area contributed by atoms with E-state index in [2.05, 4.69) is 31.4 Å². The average Bonchev–Trinajstić information content (AvgIpc) is 2.48. The van der Waals surface area contributed by atoms with Crippen molar-refractivity contribution in [2.24, 2.45) is 5.41 Å². The van der Waals surface area contributed by atoms with E-state index in [1.165, 1.54) is 11.8 Å². The van der Waals surface area contributed by atoms with Gasteiger partial charge in [-0.2, -0.15) is 11.8 Å². The monoisotopic (exact) mass is 376 g/mol. The Morgan fingerprint density at radius 3 is 2.36 bits per heavy atom. The Balaban J connectivity index is 3.89. The van der Waals surface area contributed by atoms with Gasteiger partial charge in [0.2, 0.25) is 11.8 Å². The quantitative estimate of drug-likeness (QED) is 0.422. The Bertz CT molecular complexity index is 424. The second-order valence-corrected chi connectivity index (χ2v) is 8.03. The lowest BCUT2D eigenvalue weighted by atomic mass is 10.0. The van der Waals surface area contributed by atoms with Gasteiger partial charge >= 0.3 is 5.97 Å². The zero-order valence-corrected chi connectivity index (χ0v) is 16.5. The van der Waals surface area contributed by atoms with Crippen LogP contribution in [-0.2, 0) is 19.1 Å². The van der Waals surface area contributed by atoms with E-state index in [1.807, 2.05) is 6.92 Å². The molecular formula is C17H32N2O5S. The molecule has 2 amide bonds. The highest BCUT2D eigenvalue weighted by molar-refractivity contribution is 7.99. The van der Waals surface area contributed by atoms with Crippen molar-refractivity contribution >= 4 is 29.5 Å². The SMILES string of the molecule is CCCC(=O)NCCOCCC(=O)N[C@H](CSCC(C)(C)C)C(=O)O. The van der Waals surface area contributed by atoms with Crippen molar-refractivity contribution in [1.82, 2.24) is 10.6 Å². The van der Waals surface area contributed by atoms with Gasteiger partial charge in [0.1, 0.15) is 6.04 Å². The van der Waals surface area contributed by atoms with Crippen LogP contribution in [0.2, 0.25) is 0 Å². The standard InChI is InChI=1S/C17H32N2O5S/c1-5-6-14(20)18-8-10-24-9-7-15(21)19-13(16(22)23)11-25-12-17(2,3)4/h13H,5-12H2,1-4H3,(H,18,20)(H,19,21)(H,22,23)/t13-/m1/s1. The number of carboxylic acid groups (broad SMARTS) is 1. The number of rotatable bonds is 13. The maximum absolute atomic E-state index is 11.8. The molecule has 7 nitrogen and oxygen atoms in total. The smallest absolute Gasteiger partial charge is 0.327 e. The van der Waals surface area contributed by atoms with Crippen LogP contribution in [0.25, 0.3) is 0 Å². The minimum absolute atomic E-state index is 0.0131. The second kappa shape index (κ2) is 13.0.